The van der Waals surface area contributed by atoms with Gasteiger partial charge in [-0.05, 0) is 52.3 Å². The molecule has 0 radical (unpaired) electrons. The highest BCUT2D eigenvalue weighted by atomic mass is 127. The van der Waals surface area contributed by atoms with E-state index in [0.29, 0.717) is 12.0 Å². The third-order valence-electron chi connectivity index (χ3n) is 3.17. The molecule has 2 rings (SSSR count). The van der Waals surface area contributed by atoms with Gasteiger partial charge in [-0.2, -0.15) is 0 Å². The second-order valence-corrected chi connectivity index (χ2v) is 5.54. The molecule has 0 bridgehead atoms. The predicted molar refractivity (Wildman–Crippen MR) is 85.9 cm³/mol. The summed E-state index contributed by atoms with van der Waals surface area (Å²) in [6.45, 7) is 0. The van der Waals surface area contributed by atoms with Crippen LogP contribution in [0.5, 0.6) is 5.75 Å². The summed E-state index contributed by atoms with van der Waals surface area (Å²) in [5.41, 5.74) is 4.39. The molecule has 5 heteroatoms. The van der Waals surface area contributed by atoms with Gasteiger partial charge in [0.15, 0.2) is 11.6 Å². The molecule has 20 heavy (non-hydrogen) atoms. The summed E-state index contributed by atoms with van der Waals surface area (Å²) in [4.78, 5) is 0. The van der Waals surface area contributed by atoms with E-state index in [9.17, 15) is 4.39 Å². The average Bonchev–Trinajstić information content (AvgIpc) is 2.47. The van der Waals surface area contributed by atoms with E-state index in [4.69, 9.17) is 10.6 Å². The van der Waals surface area contributed by atoms with Crippen molar-refractivity contribution < 1.29 is 9.13 Å². The monoisotopic (exact) mass is 386 g/mol. The number of hydrazine groups is 1. The van der Waals surface area contributed by atoms with Crippen LogP contribution in [0.1, 0.15) is 17.2 Å². The highest BCUT2D eigenvalue weighted by Gasteiger charge is 2.17. The van der Waals surface area contributed by atoms with Gasteiger partial charge in [-0.15, -0.1) is 0 Å². The van der Waals surface area contributed by atoms with Crippen LogP contribution in [0.4, 0.5) is 4.39 Å². The van der Waals surface area contributed by atoms with Gasteiger partial charge in [0.1, 0.15) is 0 Å². The maximum Gasteiger partial charge on any atom is 0.168 e. The maximum atomic E-state index is 14.2. The number of nitrogens with two attached hydrogens (primary N) is 1. The highest BCUT2D eigenvalue weighted by molar-refractivity contribution is 14.1. The molecule has 0 aromatic heterocycles. The summed E-state index contributed by atoms with van der Waals surface area (Å²) in [6, 6.07) is 12.9. The summed E-state index contributed by atoms with van der Waals surface area (Å²) in [6.07, 6.45) is 0.458. The number of hydrogen-bond acceptors (Lipinski definition) is 3. The van der Waals surface area contributed by atoms with Gasteiger partial charge in [0.05, 0.1) is 13.2 Å². The standard InChI is InChI=1S/C15H16FIN2O/c1-20-14-8-4-5-10(15(14)16)9-13(19-18)11-6-2-3-7-12(11)17/h2-8,13,19H,9,18H2,1H3. The smallest absolute Gasteiger partial charge is 0.168 e. The number of hydrogen-bond donors (Lipinski definition) is 2. The van der Waals surface area contributed by atoms with Gasteiger partial charge in [-0.25, -0.2) is 4.39 Å². The van der Waals surface area contributed by atoms with E-state index in [1.165, 1.54) is 7.11 Å². The van der Waals surface area contributed by atoms with Crippen molar-refractivity contribution in [3.05, 3.63) is 63.0 Å². The Kier molecular flexibility index (Phi) is 5.33. The fourth-order valence-electron chi connectivity index (χ4n) is 2.11. The van der Waals surface area contributed by atoms with E-state index in [-0.39, 0.29) is 17.6 Å². The van der Waals surface area contributed by atoms with E-state index in [1.54, 1.807) is 18.2 Å². The van der Waals surface area contributed by atoms with Crippen molar-refractivity contribution in [2.75, 3.05) is 7.11 Å². The first kappa shape index (κ1) is 15.2. The molecule has 0 aliphatic carbocycles. The number of benzene rings is 2. The van der Waals surface area contributed by atoms with Gasteiger partial charge in [0.25, 0.3) is 0 Å². The van der Waals surface area contributed by atoms with Crippen LogP contribution in [0.15, 0.2) is 42.5 Å². The minimum absolute atomic E-state index is 0.148. The first-order valence-electron chi connectivity index (χ1n) is 6.19. The van der Waals surface area contributed by atoms with Gasteiger partial charge < -0.3 is 4.74 Å². The van der Waals surface area contributed by atoms with Gasteiger partial charge in [-0.3, -0.25) is 11.3 Å². The Morgan fingerprint density at radius 2 is 2.00 bits per heavy atom. The lowest BCUT2D eigenvalue weighted by atomic mass is 9.99. The van der Waals surface area contributed by atoms with E-state index < -0.39 is 0 Å². The average molecular weight is 386 g/mol. The van der Waals surface area contributed by atoms with Crippen molar-refractivity contribution in [2.24, 2.45) is 5.84 Å². The molecule has 0 spiro atoms. The number of nitrogens with one attached hydrogen (secondary N) is 1. The maximum absolute atomic E-state index is 14.2. The van der Waals surface area contributed by atoms with Crippen molar-refractivity contribution in [1.29, 1.82) is 0 Å². The first-order chi connectivity index (χ1) is 9.67. The van der Waals surface area contributed by atoms with Crippen LogP contribution >= 0.6 is 22.6 Å². The predicted octanol–water partition coefficient (Wildman–Crippen LogP) is 3.19. The lowest BCUT2D eigenvalue weighted by Gasteiger charge is -2.18. The van der Waals surface area contributed by atoms with Crippen molar-refractivity contribution in [3.8, 4) is 5.75 Å². The van der Waals surface area contributed by atoms with Crippen molar-refractivity contribution in [2.45, 2.75) is 12.5 Å². The Balaban J connectivity index is 2.30. The van der Waals surface area contributed by atoms with Crippen LogP contribution < -0.4 is 16.0 Å². The lowest BCUT2D eigenvalue weighted by Crippen LogP contribution is -2.30. The summed E-state index contributed by atoms with van der Waals surface area (Å²) in [5.74, 6) is 5.55. The van der Waals surface area contributed by atoms with Crippen LogP contribution in [0.3, 0.4) is 0 Å². The van der Waals surface area contributed by atoms with Gasteiger partial charge in [0, 0.05) is 3.57 Å². The van der Waals surface area contributed by atoms with Gasteiger partial charge in [-0.1, -0.05) is 30.3 Å². The number of rotatable bonds is 5. The highest BCUT2D eigenvalue weighted by Crippen LogP contribution is 2.26. The fourth-order valence-corrected chi connectivity index (χ4v) is 2.87. The summed E-state index contributed by atoms with van der Waals surface area (Å²) in [7, 11) is 1.46. The molecule has 0 amide bonds. The summed E-state index contributed by atoms with van der Waals surface area (Å²) in [5, 5.41) is 0. The molecule has 0 saturated carbocycles. The zero-order valence-corrected chi connectivity index (χ0v) is 13.2. The van der Waals surface area contributed by atoms with Gasteiger partial charge in [0.2, 0.25) is 0 Å². The van der Waals surface area contributed by atoms with E-state index in [2.05, 4.69) is 28.0 Å². The Labute approximate surface area is 131 Å². The van der Waals surface area contributed by atoms with Crippen LogP contribution in [-0.2, 0) is 6.42 Å². The minimum Gasteiger partial charge on any atom is -0.494 e. The molecule has 1 unspecified atom stereocenters. The summed E-state index contributed by atoms with van der Waals surface area (Å²) >= 11 is 2.25. The van der Waals surface area contributed by atoms with Crippen LogP contribution in [-0.4, -0.2) is 7.11 Å². The molecule has 1 atom stereocenters. The third-order valence-corrected chi connectivity index (χ3v) is 4.15. The van der Waals surface area contributed by atoms with E-state index in [0.717, 1.165) is 9.13 Å². The lowest BCUT2D eigenvalue weighted by molar-refractivity contribution is 0.382. The number of methoxy groups -OCH3 is 1. The first-order valence-corrected chi connectivity index (χ1v) is 7.27. The zero-order valence-electron chi connectivity index (χ0n) is 11.1. The molecule has 3 N–H and O–H groups in total. The molecule has 0 aliphatic rings. The van der Waals surface area contributed by atoms with Crippen molar-refractivity contribution in [1.82, 2.24) is 5.43 Å². The van der Waals surface area contributed by atoms with Gasteiger partial charge >= 0.3 is 0 Å². The molecule has 0 heterocycles. The topological polar surface area (TPSA) is 47.3 Å². The minimum atomic E-state index is -0.332. The quantitative estimate of drug-likeness (QED) is 0.472. The molecule has 2 aromatic rings. The third kappa shape index (κ3) is 3.28. The van der Waals surface area contributed by atoms with E-state index in [1.807, 2.05) is 24.3 Å². The van der Waals surface area contributed by atoms with Crippen molar-refractivity contribution in [3.63, 3.8) is 0 Å². The molecular weight excluding hydrogens is 370 g/mol. The number of ether oxygens (including phenoxy) is 1. The molecule has 106 valence electrons. The van der Waals surface area contributed by atoms with E-state index >= 15 is 0 Å². The Hall–Kier alpha value is -1.18. The molecule has 2 aromatic carbocycles. The molecule has 3 nitrogen and oxygen atoms in total. The Bertz CT molecular complexity index is 592. The Morgan fingerprint density at radius 1 is 1.25 bits per heavy atom. The number of halogens is 2. The SMILES string of the molecule is COc1cccc(CC(NN)c2ccccc2I)c1F. The van der Waals surface area contributed by atoms with Crippen molar-refractivity contribution >= 4 is 22.6 Å². The fraction of sp³-hybridized carbons (Fsp3) is 0.200. The molecule has 0 fully saturated rings. The van der Waals surface area contributed by atoms with Crippen LogP contribution in [0, 0.1) is 9.39 Å². The molecule has 0 saturated heterocycles. The van der Waals surface area contributed by atoms with Crippen LogP contribution in [0.25, 0.3) is 0 Å². The second kappa shape index (κ2) is 7.01. The second-order valence-electron chi connectivity index (χ2n) is 4.38. The summed E-state index contributed by atoms with van der Waals surface area (Å²) < 4.78 is 20.3. The zero-order chi connectivity index (χ0) is 14.5. The molecule has 0 aliphatic heterocycles. The molecular formula is C15H16FIN2O. The normalized spacial score (nSPS) is 12.2. The largest absolute Gasteiger partial charge is 0.494 e. The van der Waals surface area contributed by atoms with Crippen LogP contribution in [0.2, 0.25) is 0 Å². The Morgan fingerprint density at radius 3 is 2.65 bits per heavy atom.